The fourth-order valence-electron chi connectivity index (χ4n) is 3.30. The monoisotopic (exact) mass is 400 g/mol. The van der Waals surface area contributed by atoms with Gasteiger partial charge in [0.1, 0.15) is 0 Å². The molecule has 4 nitrogen and oxygen atoms in total. The van der Waals surface area contributed by atoms with E-state index in [2.05, 4.69) is 9.97 Å². The second kappa shape index (κ2) is 7.86. The number of aromatic nitrogens is 2. The topological polar surface area (TPSA) is 62.8 Å². The SMILES string of the molecule is Cc1ccc2[nH]c(=O)c(C(=O)/C=C/c3ccccn3)c(-c3ccccc3Cl)c2c1. The minimum Gasteiger partial charge on any atom is -0.321 e. The predicted octanol–water partition coefficient (Wildman–Crippen LogP) is 5.45. The van der Waals surface area contributed by atoms with Crippen LogP contribution in [-0.4, -0.2) is 15.8 Å². The number of carbonyl (C=O) groups is 1. The lowest BCUT2D eigenvalue weighted by atomic mass is 9.93. The highest BCUT2D eigenvalue weighted by Gasteiger charge is 2.20. The maximum atomic E-state index is 13.1. The van der Waals surface area contributed by atoms with E-state index in [0.717, 1.165) is 10.9 Å². The summed E-state index contributed by atoms with van der Waals surface area (Å²) >= 11 is 6.45. The quantitative estimate of drug-likeness (QED) is 0.366. The predicted molar refractivity (Wildman–Crippen MR) is 117 cm³/mol. The highest BCUT2D eigenvalue weighted by atomic mass is 35.5. The molecule has 0 aliphatic rings. The lowest BCUT2D eigenvalue weighted by Crippen LogP contribution is -2.18. The number of nitrogens with zero attached hydrogens (tertiary/aromatic N) is 1. The van der Waals surface area contributed by atoms with E-state index in [-0.39, 0.29) is 5.56 Å². The van der Waals surface area contributed by atoms with E-state index < -0.39 is 11.3 Å². The number of hydrogen-bond donors (Lipinski definition) is 1. The molecule has 0 spiro atoms. The Bertz CT molecular complexity index is 1310. The zero-order valence-corrected chi connectivity index (χ0v) is 16.4. The van der Waals surface area contributed by atoms with Gasteiger partial charge in [0.05, 0.1) is 11.3 Å². The van der Waals surface area contributed by atoms with Crippen molar-refractivity contribution in [1.29, 1.82) is 0 Å². The maximum Gasteiger partial charge on any atom is 0.260 e. The zero-order chi connectivity index (χ0) is 20.4. The standard InChI is InChI=1S/C24H17ClN2O2/c1-15-9-11-20-18(14-15)22(17-7-2-3-8-19(17)25)23(24(29)27-20)21(28)12-10-16-6-4-5-13-26-16/h2-14H,1H3,(H,27,29)/b12-10+. The first kappa shape index (κ1) is 18.8. The zero-order valence-electron chi connectivity index (χ0n) is 15.6. The van der Waals surface area contributed by atoms with E-state index >= 15 is 0 Å². The molecule has 2 heterocycles. The van der Waals surface area contributed by atoms with Crippen molar-refractivity contribution < 1.29 is 4.79 Å². The molecule has 0 atom stereocenters. The van der Waals surface area contributed by atoms with Gasteiger partial charge in [-0.1, -0.05) is 47.5 Å². The molecular formula is C24H17ClN2O2. The van der Waals surface area contributed by atoms with E-state index in [1.54, 1.807) is 30.5 Å². The largest absolute Gasteiger partial charge is 0.321 e. The van der Waals surface area contributed by atoms with E-state index in [1.807, 2.05) is 49.4 Å². The number of aryl methyl sites for hydroxylation is 1. The molecule has 0 radical (unpaired) electrons. The highest BCUT2D eigenvalue weighted by molar-refractivity contribution is 6.34. The number of fused-ring (bicyclic) bond motifs is 1. The minimum absolute atomic E-state index is 0.0587. The Labute approximate surface area is 172 Å². The number of H-pyrrole nitrogens is 1. The second-order valence-corrected chi connectivity index (χ2v) is 7.09. The van der Waals surface area contributed by atoms with Gasteiger partial charge in [0, 0.05) is 33.2 Å². The first-order valence-electron chi connectivity index (χ1n) is 9.09. The molecule has 0 saturated carbocycles. The van der Waals surface area contributed by atoms with Crippen molar-refractivity contribution in [3.63, 3.8) is 0 Å². The molecule has 0 amide bonds. The van der Waals surface area contributed by atoms with E-state index in [4.69, 9.17) is 11.6 Å². The third kappa shape index (κ3) is 3.75. The third-order valence-corrected chi connectivity index (χ3v) is 4.98. The van der Waals surface area contributed by atoms with Gasteiger partial charge < -0.3 is 4.98 Å². The number of hydrogen-bond acceptors (Lipinski definition) is 3. The molecule has 4 rings (SSSR count). The van der Waals surface area contributed by atoms with Crippen LogP contribution in [0.2, 0.25) is 5.02 Å². The molecule has 4 aromatic rings. The molecule has 0 bridgehead atoms. The molecule has 142 valence electrons. The van der Waals surface area contributed by atoms with Gasteiger partial charge in [-0.2, -0.15) is 0 Å². The van der Waals surface area contributed by atoms with E-state index in [0.29, 0.717) is 27.4 Å². The molecule has 29 heavy (non-hydrogen) atoms. The van der Waals surface area contributed by atoms with Gasteiger partial charge in [0.2, 0.25) is 0 Å². The van der Waals surface area contributed by atoms with Crippen molar-refractivity contribution in [3.05, 3.63) is 105 Å². The van der Waals surface area contributed by atoms with E-state index in [1.165, 1.54) is 6.08 Å². The highest BCUT2D eigenvalue weighted by Crippen LogP contribution is 2.35. The van der Waals surface area contributed by atoms with Crippen molar-refractivity contribution in [2.24, 2.45) is 0 Å². The Kier molecular flexibility index (Phi) is 5.10. The first-order valence-corrected chi connectivity index (χ1v) is 9.47. The Balaban J connectivity index is 1.98. The summed E-state index contributed by atoms with van der Waals surface area (Å²) in [7, 11) is 0. The third-order valence-electron chi connectivity index (χ3n) is 4.65. The minimum atomic E-state index is -0.452. The average Bonchev–Trinajstić information content (AvgIpc) is 2.73. The first-order chi connectivity index (χ1) is 14.0. The average molecular weight is 401 g/mol. The summed E-state index contributed by atoms with van der Waals surface area (Å²) in [5.74, 6) is -0.407. The van der Waals surface area contributed by atoms with Gasteiger partial charge in [-0.3, -0.25) is 14.6 Å². The van der Waals surface area contributed by atoms with Gasteiger partial charge in [0.25, 0.3) is 5.56 Å². The van der Waals surface area contributed by atoms with Gasteiger partial charge >= 0.3 is 0 Å². The summed E-state index contributed by atoms with van der Waals surface area (Å²) < 4.78 is 0. The number of rotatable bonds is 4. The van der Waals surface area contributed by atoms with Crippen LogP contribution in [0.25, 0.3) is 28.1 Å². The summed E-state index contributed by atoms with van der Waals surface area (Å²) in [4.78, 5) is 33.0. The second-order valence-electron chi connectivity index (χ2n) is 6.69. The maximum absolute atomic E-state index is 13.1. The molecular weight excluding hydrogens is 384 g/mol. The van der Waals surface area contributed by atoms with Crippen molar-refractivity contribution >= 4 is 34.4 Å². The summed E-state index contributed by atoms with van der Waals surface area (Å²) in [6.45, 7) is 1.96. The van der Waals surface area contributed by atoms with Crippen molar-refractivity contribution in [3.8, 4) is 11.1 Å². The molecule has 2 aromatic heterocycles. The molecule has 0 aliphatic heterocycles. The Hall–Kier alpha value is -3.50. The van der Waals surface area contributed by atoms with Crippen LogP contribution in [0, 0.1) is 6.92 Å². The van der Waals surface area contributed by atoms with Crippen LogP contribution in [0.1, 0.15) is 21.6 Å². The molecule has 5 heteroatoms. The van der Waals surface area contributed by atoms with Crippen molar-refractivity contribution in [1.82, 2.24) is 9.97 Å². The smallest absolute Gasteiger partial charge is 0.260 e. The van der Waals surface area contributed by atoms with Gasteiger partial charge in [-0.15, -0.1) is 0 Å². The van der Waals surface area contributed by atoms with Crippen molar-refractivity contribution in [2.75, 3.05) is 0 Å². The lowest BCUT2D eigenvalue weighted by molar-refractivity contribution is 0.104. The lowest BCUT2D eigenvalue weighted by Gasteiger charge is -2.13. The number of benzene rings is 2. The number of pyridine rings is 2. The van der Waals surface area contributed by atoms with Crippen LogP contribution < -0.4 is 5.56 Å². The van der Waals surface area contributed by atoms with Crippen LogP contribution in [0.3, 0.4) is 0 Å². The molecule has 0 saturated heterocycles. The Morgan fingerprint density at radius 2 is 1.86 bits per heavy atom. The van der Waals surface area contributed by atoms with Crippen LogP contribution in [-0.2, 0) is 0 Å². The van der Waals surface area contributed by atoms with Crippen LogP contribution in [0.4, 0.5) is 0 Å². The van der Waals surface area contributed by atoms with Crippen LogP contribution in [0.15, 0.2) is 77.7 Å². The number of carbonyl (C=O) groups excluding carboxylic acids is 1. The van der Waals surface area contributed by atoms with Crippen LogP contribution in [0.5, 0.6) is 0 Å². The number of ketones is 1. The number of nitrogens with one attached hydrogen (secondary N) is 1. The summed E-state index contributed by atoms with van der Waals surface area (Å²) in [6.07, 6.45) is 4.61. The summed E-state index contributed by atoms with van der Waals surface area (Å²) in [6, 6.07) is 18.3. The Morgan fingerprint density at radius 1 is 1.07 bits per heavy atom. The molecule has 0 unspecified atom stereocenters. The van der Waals surface area contributed by atoms with E-state index in [9.17, 15) is 9.59 Å². The molecule has 0 aliphatic carbocycles. The molecule has 1 N–H and O–H groups in total. The normalized spacial score (nSPS) is 11.2. The fraction of sp³-hybridized carbons (Fsp3) is 0.0417. The fourth-order valence-corrected chi connectivity index (χ4v) is 3.53. The summed E-state index contributed by atoms with van der Waals surface area (Å²) in [5, 5.41) is 1.25. The van der Waals surface area contributed by atoms with Gasteiger partial charge in [-0.05, 0) is 49.4 Å². The summed E-state index contributed by atoms with van der Waals surface area (Å²) in [5.41, 5.74) is 3.09. The van der Waals surface area contributed by atoms with Gasteiger partial charge in [-0.25, -0.2) is 0 Å². The van der Waals surface area contributed by atoms with Gasteiger partial charge in [0.15, 0.2) is 5.78 Å². The Morgan fingerprint density at radius 3 is 2.62 bits per heavy atom. The molecule has 2 aromatic carbocycles. The number of halogens is 1. The number of allylic oxidation sites excluding steroid dienone is 1. The number of aromatic amines is 1. The van der Waals surface area contributed by atoms with Crippen LogP contribution >= 0.6 is 11.6 Å². The van der Waals surface area contributed by atoms with Crippen molar-refractivity contribution in [2.45, 2.75) is 6.92 Å². The molecule has 0 fully saturated rings.